The Bertz CT molecular complexity index is 1330. The maximum atomic E-state index is 12.1. The number of nitrogens with zero attached hydrogens (tertiary/aromatic N) is 4. The van der Waals surface area contributed by atoms with E-state index in [9.17, 15) is 20.0 Å². The van der Waals surface area contributed by atoms with Gasteiger partial charge in [-0.25, -0.2) is 9.97 Å². The summed E-state index contributed by atoms with van der Waals surface area (Å²) in [4.78, 5) is 33.3. The third-order valence-electron chi connectivity index (χ3n) is 5.79. The zero-order valence-corrected chi connectivity index (χ0v) is 17.2. The highest BCUT2D eigenvalue weighted by Gasteiger charge is 2.32. The Morgan fingerprint density at radius 3 is 2.58 bits per heavy atom. The lowest BCUT2D eigenvalue weighted by atomic mass is 9.97. The number of anilines is 1. The average molecular weight is 434 g/mol. The van der Waals surface area contributed by atoms with Gasteiger partial charge in [0.15, 0.2) is 5.69 Å². The van der Waals surface area contributed by atoms with Gasteiger partial charge < -0.3 is 10.0 Å². The molecule has 0 bridgehead atoms. The minimum atomic E-state index is -0.825. The second kappa shape index (κ2) is 7.59. The molecule has 9 heteroatoms. The number of carboxylic acid groups (broad SMARTS) is 1. The van der Waals surface area contributed by atoms with Crippen molar-refractivity contribution < 1.29 is 14.8 Å². The number of nitro groups is 1. The highest BCUT2D eigenvalue weighted by atomic mass is 32.1. The second-order valence-corrected chi connectivity index (χ2v) is 8.58. The number of thiophene rings is 1. The van der Waals surface area contributed by atoms with E-state index in [4.69, 9.17) is 0 Å². The van der Waals surface area contributed by atoms with E-state index in [1.807, 2.05) is 42.5 Å². The molecular formula is C22H18N4O4S. The molecule has 1 aliphatic rings. The number of aliphatic carboxylic acids is 1. The van der Waals surface area contributed by atoms with E-state index in [0.717, 1.165) is 20.2 Å². The number of hydrogen-bond acceptors (Lipinski definition) is 7. The number of piperidine rings is 1. The van der Waals surface area contributed by atoms with Gasteiger partial charge in [0, 0.05) is 38.8 Å². The molecule has 3 heterocycles. The predicted molar refractivity (Wildman–Crippen MR) is 120 cm³/mol. The summed E-state index contributed by atoms with van der Waals surface area (Å²) in [5.74, 6) is -1.00. The van der Waals surface area contributed by atoms with Crippen molar-refractivity contribution in [3.63, 3.8) is 0 Å². The summed E-state index contributed by atoms with van der Waals surface area (Å²) in [6, 6.07) is 13.8. The van der Waals surface area contributed by atoms with E-state index in [-0.39, 0.29) is 17.2 Å². The van der Waals surface area contributed by atoms with Gasteiger partial charge in [-0.15, -0.1) is 11.3 Å². The van der Waals surface area contributed by atoms with E-state index in [2.05, 4.69) is 9.97 Å². The Balaban J connectivity index is 1.65. The van der Waals surface area contributed by atoms with E-state index >= 15 is 0 Å². The van der Waals surface area contributed by atoms with Crippen LogP contribution in [-0.4, -0.2) is 39.1 Å². The summed E-state index contributed by atoms with van der Waals surface area (Å²) in [6.07, 6.45) is 2.21. The molecule has 0 radical (unpaired) electrons. The summed E-state index contributed by atoms with van der Waals surface area (Å²) < 4.78 is 2.05. The molecule has 0 spiro atoms. The lowest BCUT2D eigenvalue weighted by Gasteiger charge is -2.30. The average Bonchev–Trinajstić information content (AvgIpc) is 3.17. The van der Waals surface area contributed by atoms with Crippen LogP contribution in [0, 0.1) is 16.0 Å². The SMILES string of the molecule is O=C(O)C1CCN(c2ncnc(-c3cccc4c3sc3ccccc34)c2[N+](=O)[O-])CC1. The third-order valence-corrected chi connectivity index (χ3v) is 7.01. The molecular weight excluding hydrogens is 416 g/mol. The van der Waals surface area contributed by atoms with Crippen molar-refractivity contribution in [2.45, 2.75) is 12.8 Å². The number of aromatic nitrogens is 2. The highest BCUT2D eigenvalue weighted by Crippen LogP contribution is 2.43. The van der Waals surface area contributed by atoms with Gasteiger partial charge in [0.2, 0.25) is 5.82 Å². The van der Waals surface area contributed by atoms with Crippen LogP contribution < -0.4 is 4.90 Å². The fourth-order valence-electron chi connectivity index (χ4n) is 4.24. The van der Waals surface area contributed by atoms with Crippen molar-refractivity contribution in [2.75, 3.05) is 18.0 Å². The molecule has 0 amide bonds. The molecule has 2 aromatic heterocycles. The molecule has 0 atom stereocenters. The summed E-state index contributed by atoms with van der Waals surface area (Å²) in [6.45, 7) is 0.808. The third kappa shape index (κ3) is 3.27. The molecule has 2 aromatic carbocycles. The number of hydrogen-bond donors (Lipinski definition) is 1. The maximum absolute atomic E-state index is 12.1. The van der Waals surface area contributed by atoms with Crippen molar-refractivity contribution in [3.05, 3.63) is 58.9 Å². The first-order chi connectivity index (χ1) is 15.0. The molecule has 8 nitrogen and oxygen atoms in total. The van der Waals surface area contributed by atoms with Gasteiger partial charge in [-0.2, -0.15) is 0 Å². The van der Waals surface area contributed by atoms with Crippen LogP contribution in [0.5, 0.6) is 0 Å². The molecule has 0 aliphatic carbocycles. The molecule has 5 rings (SSSR count). The molecule has 0 unspecified atom stereocenters. The molecule has 156 valence electrons. The van der Waals surface area contributed by atoms with Crippen molar-refractivity contribution in [1.29, 1.82) is 0 Å². The molecule has 31 heavy (non-hydrogen) atoms. The van der Waals surface area contributed by atoms with E-state index in [0.29, 0.717) is 31.5 Å². The maximum Gasteiger partial charge on any atom is 0.337 e. The monoisotopic (exact) mass is 434 g/mol. The van der Waals surface area contributed by atoms with Crippen LogP contribution in [0.1, 0.15) is 12.8 Å². The van der Waals surface area contributed by atoms with Crippen molar-refractivity contribution >= 4 is 49.0 Å². The number of carboxylic acids is 1. The quantitative estimate of drug-likeness (QED) is 0.365. The molecule has 1 fully saturated rings. The van der Waals surface area contributed by atoms with Gasteiger partial charge in [0.1, 0.15) is 6.33 Å². The van der Waals surface area contributed by atoms with Gasteiger partial charge in [-0.05, 0) is 18.9 Å². The first-order valence-electron chi connectivity index (χ1n) is 9.92. The minimum absolute atomic E-state index is 0.138. The van der Waals surface area contributed by atoms with Crippen molar-refractivity contribution in [1.82, 2.24) is 9.97 Å². The Morgan fingerprint density at radius 1 is 1.10 bits per heavy atom. The summed E-state index contributed by atoms with van der Waals surface area (Å²) >= 11 is 1.59. The van der Waals surface area contributed by atoms with Crippen LogP contribution in [-0.2, 0) is 4.79 Å². The van der Waals surface area contributed by atoms with Gasteiger partial charge in [0.05, 0.1) is 10.8 Å². The number of benzene rings is 2. The van der Waals surface area contributed by atoms with Crippen LogP contribution >= 0.6 is 11.3 Å². The van der Waals surface area contributed by atoms with Crippen molar-refractivity contribution in [3.8, 4) is 11.3 Å². The van der Waals surface area contributed by atoms with E-state index < -0.39 is 16.8 Å². The van der Waals surface area contributed by atoms with Crippen LogP contribution in [0.2, 0.25) is 0 Å². The topological polar surface area (TPSA) is 109 Å². The molecule has 0 saturated carbocycles. The Hall–Kier alpha value is -3.59. The number of rotatable bonds is 4. The number of carbonyl (C=O) groups is 1. The fraction of sp³-hybridized carbons (Fsp3) is 0.227. The lowest BCUT2D eigenvalue weighted by Crippen LogP contribution is -2.37. The first kappa shape index (κ1) is 19.4. The van der Waals surface area contributed by atoms with Gasteiger partial charge in [-0.3, -0.25) is 14.9 Å². The second-order valence-electron chi connectivity index (χ2n) is 7.53. The Kier molecular flexibility index (Phi) is 4.74. The molecule has 1 saturated heterocycles. The zero-order chi connectivity index (χ0) is 21.5. The van der Waals surface area contributed by atoms with Crippen LogP contribution in [0.4, 0.5) is 11.5 Å². The van der Waals surface area contributed by atoms with Gasteiger partial charge in [-0.1, -0.05) is 36.4 Å². The molecule has 1 aliphatic heterocycles. The van der Waals surface area contributed by atoms with Crippen molar-refractivity contribution in [2.24, 2.45) is 5.92 Å². The summed E-state index contributed by atoms with van der Waals surface area (Å²) in [5.41, 5.74) is 0.850. The Labute approximate surface area is 180 Å². The zero-order valence-electron chi connectivity index (χ0n) is 16.4. The summed E-state index contributed by atoms with van der Waals surface area (Å²) in [5, 5.41) is 23.5. The Morgan fingerprint density at radius 2 is 1.84 bits per heavy atom. The van der Waals surface area contributed by atoms with Crippen LogP contribution in [0.15, 0.2) is 48.8 Å². The first-order valence-corrected chi connectivity index (χ1v) is 10.7. The molecule has 1 N–H and O–H groups in total. The van der Waals surface area contributed by atoms with Crippen LogP contribution in [0.25, 0.3) is 31.4 Å². The standard InChI is InChI=1S/C22H18N4O4S/c27-22(28)13-8-10-25(11-9-13)21-19(26(29)30)18(23-12-24-21)16-6-3-5-15-14-4-1-2-7-17(14)31-20(15)16/h1-7,12-13H,8-11H2,(H,27,28). The normalized spacial score (nSPS) is 14.9. The molecule has 4 aromatic rings. The largest absolute Gasteiger partial charge is 0.481 e. The minimum Gasteiger partial charge on any atom is -0.481 e. The van der Waals surface area contributed by atoms with Crippen LogP contribution in [0.3, 0.4) is 0 Å². The summed E-state index contributed by atoms with van der Waals surface area (Å²) in [7, 11) is 0. The van der Waals surface area contributed by atoms with Gasteiger partial charge in [0.25, 0.3) is 0 Å². The van der Waals surface area contributed by atoms with E-state index in [1.165, 1.54) is 6.33 Å². The van der Waals surface area contributed by atoms with E-state index in [1.54, 1.807) is 16.2 Å². The predicted octanol–water partition coefficient (Wildman–Crippen LogP) is 4.72. The highest BCUT2D eigenvalue weighted by molar-refractivity contribution is 7.26. The number of fused-ring (bicyclic) bond motifs is 3. The fourth-order valence-corrected chi connectivity index (χ4v) is 5.46. The smallest absolute Gasteiger partial charge is 0.337 e. The van der Waals surface area contributed by atoms with Gasteiger partial charge >= 0.3 is 11.7 Å². The lowest BCUT2D eigenvalue weighted by molar-refractivity contribution is -0.383.